The molecule has 1 N–H and O–H groups in total. The van der Waals surface area contributed by atoms with Gasteiger partial charge >= 0.3 is 0 Å². The lowest BCUT2D eigenvalue weighted by molar-refractivity contribution is -0.0324. The Labute approximate surface area is 168 Å². The van der Waals surface area contributed by atoms with E-state index in [4.69, 9.17) is 0 Å². The third-order valence-electron chi connectivity index (χ3n) is 9.54. The van der Waals surface area contributed by atoms with Gasteiger partial charge in [-0.25, -0.2) is 0 Å². The molecule has 0 aliphatic heterocycles. The maximum absolute atomic E-state index is 10.2. The Morgan fingerprint density at radius 3 is 2.74 bits per heavy atom. The summed E-state index contributed by atoms with van der Waals surface area (Å²) in [4.78, 5) is 0. The summed E-state index contributed by atoms with van der Waals surface area (Å²) in [5.41, 5.74) is 2.26. The first-order chi connectivity index (χ1) is 12.9. The van der Waals surface area contributed by atoms with Gasteiger partial charge in [0.25, 0.3) is 0 Å². The van der Waals surface area contributed by atoms with Gasteiger partial charge in [-0.3, -0.25) is 0 Å². The van der Waals surface area contributed by atoms with Gasteiger partial charge < -0.3 is 5.11 Å². The molecule has 8 atom stereocenters. The Morgan fingerprint density at radius 2 is 1.96 bits per heavy atom. The van der Waals surface area contributed by atoms with Crippen molar-refractivity contribution in [2.75, 3.05) is 0 Å². The Morgan fingerprint density at radius 1 is 1.15 bits per heavy atom. The second-order valence-electron chi connectivity index (χ2n) is 11.5. The summed E-state index contributed by atoms with van der Waals surface area (Å²) in [5, 5.41) is 10.2. The Balaban J connectivity index is 1.44. The number of unbranched alkanes of at least 4 members (excludes halogenated alkanes) is 1. The van der Waals surface area contributed by atoms with E-state index in [9.17, 15) is 5.11 Å². The molecule has 3 saturated carbocycles. The van der Waals surface area contributed by atoms with Crippen molar-refractivity contribution < 1.29 is 5.11 Å². The van der Waals surface area contributed by atoms with E-state index in [1.807, 2.05) is 0 Å². The molecule has 27 heavy (non-hydrogen) atoms. The van der Waals surface area contributed by atoms with Crippen molar-refractivity contribution >= 4 is 0 Å². The molecule has 3 fully saturated rings. The largest absolute Gasteiger partial charge is 0.393 e. The third kappa shape index (κ3) is 3.67. The molecule has 0 aromatic rings. The van der Waals surface area contributed by atoms with Crippen molar-refractivity contribution in [2.45, 2.75) is 104 Å². The van der Waals surface area contributed by atoms with Gasteiger partial charge in [-0.2, -0.15) is 0 Å². The Kier molecular flexibility index (Phi) is 5.81. The van der Waals surface area contributed by atoms with Crippen LogP contribution in [-0.2, 0) is 0 Å². The van der Waals surface area contributed by atoms with Crippen molar-refractivity contribution in [1.82, 2.24) is 0 Å². The molecule has 1 nitrogen and oxygen atoms in total. The molecule has 1 heteroatoms. The summed E-state index contributed by atoms with van der Waals surface area (Å²) < 4.78 is 0. The van der Waals surface area contributed by atoms with E-state index in [0.717, 1.165) is 48.3 Å². The lowest BCUT2D eigenvalue weighted by Gasteiger charge is -2.55. The van der Waals surface area contributed by atoms with Gasteiger partial charge in [-0.05, 0) is 98.2 Å². The molecule has 4 aliphatic rings. The summed E-state index contributed by atoms with van der Waals surface area (Å²) in [5.74, 6) is 6.18. The van der Waals surface area contributed by atoms with Crippen molar-refractivity contribution in [3.05, 3.63) is 11.6 Å². The lowest BCUT2D eigenvalue weighted by Crippen LogP contribution is -2.48. The number of fused-ring (bicyclic) bond motifs is 5. The minimum atomic E-state index is -0.0744. The summed E-state index contributed by atoms with van der Waals surface area (Å²) in [6.07, 6.45) is 17.6. The van der Waals surface area contributed by atoms with Gasteiger partial charge in [0, 0.05) is 0 Å². The molecule has 0 aromatic heterocycles. The number of aliphatic hydroxyl groups is 1. The van der Waals surface area contributed by atoms with Crippen molar-refractivity contribution in [2.24, 2.45) is 46.8 Å². The first-order valence-corrected chi connectivity index (χ1v) is 12.3. The second kappa shape index (κ2) is 7.85. The molecule has 154 valence electrons. The van der Waals surface area contributed by atoms with E-state index in [-0.39, 0.29) is 6.10 Å². The molecule has 4 aliphatic carbocycles. The smallest absolute Gasteiger partial charge is 0.0580 e. The molecular weight excluding hydrogens is 328 g/mol. The fourth-order valence-electron chi connectivity index (χ4n) is 8.26. The summed E-state index contributed by atoms with van der Waals surface area (Å²) in [6, 6.07) is 0. The van der Waals surface area contributed by atoms with Crippen LogP contribution in [0.15, 0.2) is 11.6 Å². The van der Waals surface area contributed by atoms with Crippen LogP contribution in [0.2, 0.25) is 0 Å². The number of hydrogen-bond acceptors (Lipinski definition) is 1. The molecule has 0 spiro atoms. The first-order valence-electron chi connectivity index (χ1n) is 12.3. The van der Waals surface area contributed by atoms with Crippen LogP contribution < -0.4 is 0 Å². The number of allylic oxidation sites excluding steroid dienone is 1. The molecule has 0 amide bonds. The van der Waals surface area contributed by atoms with Crippen LogP contribution in [0.25, 0.3) is 0 Å². The predicted octanol–water partition coefficient (Wildman–Crippen LogP) is 7.00. The van der Waals surface area contributed by atoms with Crippen LogP contribution in [0.1, 0.15) is 98.3 Å². The Hall–Kier alpha value is -0.300. The average Bonchev–Trinajstić information content (AvgIpc) is 2.94. The topological polar surface area (TPSA) is 20.2 Å². The van der Waals surface area contributed by atoms with E-state index < -0.39 is 0 Å². The quantitative estimate of drug-likeness (QED) is 0.407. The molecule has 0 radical (unpaired) electrons. The summed E-state index contributed by atoms with van der Waals surface area (Å²) in [6.45, 7) is 9.83. The van der Waals surface area contributed by atoms with Gasteiger partial charge in [-0.15, -0.1) is 0 Å². The number of aliphatic hydroxyl groups excluding tert-OH is 1. The van der Waals surface area contributed by atoms with Gasteiger partial charge in [0.1, 0.15) is 0 Å². The highest BCUT2D eigenvalue weighted by atomic mass is 16.3. The highest BCUT2D eigenvalue weighted by Crippen LogP contribution is 2.64. The molecule has 0 saturated heterocycles. The van der Waals surface area contributed by atoms with E-state index in [1.54, 1.807) is 5.57 Å². The van der Waals surface area contributed by atoms with Gasteiger partial charge in [-0.1, -0.05) is 58.6 Å². The van der Waals surface area contributed by atoms with E-state index >= 15 is 0 Å². The zero-order chi connectivity index (χ0) is 19.2. The molecule has 0 heterocycles. The third-order valence-corrected chi connectivity index (χ3v) is 9.54. The highest BCUT2D eigenvalue weighted by Gasteiger charge is 2.56. The van der Waals surface area contributed by atoms with Crippen LogP contribution in [0, 0.1) is 46.8 Å². The van der Waals surface area contributed by atoms with Crippen LogP contribution in [0.5, 0.6) is 0 Å². The maximum Gasteiger partial charge on any atom is 0.0580 e. The molecule has 5 unspecified atom stereocenters. The molecular formula is C26H44O. The number of rotatable bonds is 5. The normalized spacial score (nSPS) is 46.6. The fourth-order valence-corrected chi connectivity index (χ4v) is 8.26. The van der Waals surface area contributed by atoms with E-state index in [1.165, 1.54) is 57.8 Å². The van der Waals surface area contributed by atoms with Gasteiger partial charge in [0.05, 0.1) is 6.10 Å². The zero-order valence-corrected chi connectivity index (χ0v) is 18.4. The Bertz CT molecular complexity index is 548. The zero-order valence-electron chi connectivity index (χ0n) is 18.4. The van der Waals surface area contributed by atoms with Crippen molar-refractivity contribution in [3.63, 3.8) is 0 Å². The number of hydrogen-bond donors (Lipinski definition) is 1. The second-order valence-corrected chi connectivity index (χ2v) is 11.5. The first kappa shape index (κ1) is 20.0. The van der Waals surface area contributed by atoms with Crippen LogP contribution in [-0.4, -0.2) is 11.2 Å². The molecule has 4 rings (SSSR count). The predicted molar refractivity (Wildman–Crippen MR) is 114 cm³/mol. The SMILES string of the molecule is CC(C)CCCCC1CCC2C3CC=C4C[C@@H](O)C[C@@H](C)C4C3CC[C@]12C. The lowest BCUT2D eigenvalue weighted by atomic mass is 9.50. The van der Waals surface area contributed by atoms with Gasteiger partial charge in [0.15, 0.2) is 0 Å². The standard InChI is InChI=1S/C26H44O/c1-17(2)7-5-6-8-20-10-12-24-22-11-9-19-16-21(27)15-18(3)25(19)23(22)13-14-26(20,24)4/h9,17-18,20-25,27H,5-8,10-16H2,1-4H3/t18-,20?,21+,22?,23?,24?,25?,26-/m1/s1. The summed E-state index contributed by atoms with van der Waals surface area (Å²) >= 11 is 0. The molecule has 0 aromatic carbocycles. The van der Waals surface area contributed by atoms with Crippen molar-refractivity contribution in [1.29, 1.82) is 0 Å². The minimum absolute atomic E-state index is 0.0744. The fraction of sp³-hybridized carbons (Fsp3) is 0.923. The van der Waals surface area contributed by atoms with Crippen LogP contribution in [0.3, 0.4) is 0 Å². The maximum atomic E-state index is 10.2. The average molecular weight is 373 g/mol. The molecule has 0 bridgehead atoms. The van der Waals surface area contributed by atoms with Crippen molar-refractivity contribution in [3.8, 4) is 0 Å². The van der Waals surface area contributed by atoms with Crippen LogP contribution >= 0.6 is 0 Å². The van der Waals surface area contributed by atoms with E-state index in [2.05, 4.69) is 33.8 Å². The van der Waals surface area contributed by atoms with Gasteiger partial charge in [0.2, 0.25) is 0 Å². The summed E-state index contributed by atoms with van der Waals surface area (Å²) in [7, 11) is 0. The minimum Gasteiger partial charge on any atom is -0.393 e. The van der Waals surface area contributed by atoms with Crippen LogP contribution in [0.4, 0.5) is 0 Å². The monoisotopic (exact) mass is 372 g/mol. The highest BCUT2D eigenvalue weighted by molar-refractivity contribution is 5.21. The van der Waals surface area contributed by atoms with E-state index in [0.29, 0.717) is 11.3 Å².